The summed E-state index contributed by atoms with van der Waals surface area (Å²) in [6.45, 7) is 0. The second kappa shape index (κ2) is 4.86. The first-order chi connectivity index (χ1) is 5.88. The molecule has 0 radical (unpaired) electrons. The standard InChI is InChI=1S/C10H16O2/c1-11-9-7-5-3-4-6-8-10(9)12-2/h3-4H,5-8H2,1-2H3/b4-3-,10-9-. The molecule has 1 aliphatic rings. The Morgan fingerprint density at radius 3 is 1.67 bits per heavy atom. The van der Waals surface area contributed by atoms with Gasteiger partial charge >= 0.3 is 0 Å². The maximum absolute atomic E-state index is 5.25. The van der Waals surface area contributed by atoms with Crippen molar-refractivity contribution in [3.63, 3.8) is 0 Å². The lowest BCUT2D eigenvalue weighted by Crippen LogP contribution is -1.99. The topological polar surface area (TPSA) is 18.5 Å². The molecule has 1 aliphatic carbocycles. The zero-order valence-electron chi connectivity index (χ0n) is 7.80. The maximum Gasteiger partial charge on any atom is 0.133 e. The normalized spacial score (nSPS) is 27.2. The monoisotopic (exact) mass is 168 g/mol. The molecule has 0 N–H and O–H groups in total. The number of rotatable bonds is 2. The molecular weight excluding hydrogens is 152 g/mol. The molecule has 0 spiro atoms. The minimum atomic E-state index is 0.955. The second-order valence-electron chi connectivity index (χ2n) is 2.80. The second-order valence-corrected chi connectivity index (χ2v) is 2.80. The SMILES string of the molecule is CO/C1=C(\OC)CC/C=C\CC1. The number of ether oxygens (including phenoxy) is 2. The van der Waals surface area contributed by atoms with Crippen molar-refractivity contribution in [2.75, 3.05) is 14.2 Å². The summed E-state index contributed by atoms with van der Waals surface area (Å²) in [6.07, 6.45) is 8.41. The van der Waals surface area contributed by atoms with Crippen LogP contribution in [0.4, 0.5) is 0 Å². The molecule has 2 nitrogen and oxygen atoms in total. The zero-order valence-corrected chi connectivity index (χ0v) is 7.80. The summed E-state index contributed by atoms with van der Waals surface area (Å²) in [5.41, 5.74) is 0. The van der Waals surface area contributed by atoms with Crippen LogP contribution in [0.15, 0.2) is 23.7 Å². The summed E-state index contributed by atoms with van der Waals surface area (Å²) < 4.78 is 10.5. The average molecular weight is 168 g/mol. The molecule has 0 fully saturated rings. The molecule has 0 atom stereocenters. The molecule has 0 bridgehead atoms. The van der Waals surface area contributed by atoms with Gasteiger partial charge in [0.1, 0.15) is 11.5 Å². The van der Waals surface area contributed by atoms with E-state index in [-0.39, 0.29) is 0 Å². The Labute approximate surface area is 73.9 Å². The molecule has 0 aliphatic heterocycles. The van der Waals surface area contributed by atoms with E-state index in [4.69, 9.17) is 9.47 Å². The van der Waals surface area contributed by atoms with Crippen LogP contribution in [0.3, 0.4) is 0 Å². The molecule has 0 aromatic carbocycles. The largest absolute Gasteiger partial charge is 0.498 e. The van der Waals surface area contributed by atoms with Crippen LogP contribution >= 0.6 is 0 Å². The third-order valence-electron chi connectivity index (χ3n) is 2.05. The highest BCUT2D eigenvalue weighted by atomic mass is 16.5. The highest BCUT2D eigenvalue weighted by Crippen LogP contribution is 2.20. The number of hydrogen-bond acceptors (Lipinski definition) is 2. The molecule has 0 aromatic rings. The lowest BCUT2D eigenvalue weighted by molar-refractivity contribution is 0.203. The molecule has 0 saturated carbocycles. The molecule has 0 heterocycles. The Balaban J connectivity index is 2.67. The van der Waals surface area contributed by atoms with Crippen LogP contribution in [0, 0.1) is 0 Å². The average Bonchev–Trinajstić information content (AvgIpc) is 2.05. The quantitative estimate of drug-likeness (QED) is 0.590. The summed E-state index contributed by atoms with van der Waals surface area (Å²) in [5, 5.41) is 0. The van der Waals surface area contributed by atoms with E-state index >= 15 is 0 Å². The summed E-state index contributed by atoms with van der Waals surface area (Å²) in [4.78, 5) is 0. The van der Waals surface area contributed by atoms with Gasteiger partial charge in [-0.15, -0.1) is 0 Å². The first-order valence-corrected chi connectivity index (χ1v) is 4.33. The highest BCUT2D eigenvalue weighted by molar-refractivity contribution is 5.06. The molecular formula is C10H16O2. The van der Waals surface area contributed by atoms with Crippen LogP contribution in [-0.2, 0) is 9.47 Å². The van der Waals surface area contributed by atoms with Crippen molar-refractivity contribution in [1.82, 2.24) is 0 Å². The van der Waals surface area contributed by atoms with Crippen LogP contribution in [0.25, 0.3) is 0 Å². The Bertz CT molecular complexity index is 172. The molecule has 0 saturated heterocycles. The van der Waals surface area contributed by atoms with Crippen molar-refractivity contribution in [2.45, 2.75) is 25.7 Å². The van der Waals surface area contributed by atoms with E-state index in [1.807, 2.05) is 0 Å². The van der Waals surface area contributed by atoms with Gasteiger partial charge in [0.25, 0.3) is 0 Å². The highest BCUT2D eigenvalue weighted by Gasteiger charge is 2.08. The van der Waals surface area contributed by atoms with Gasteiger partial charge in [-0.2, -0.15) is 0 Å². The number of hydrogen-bond donors (Lipinski definition) is 0. The van der Waals surface area contributed by atoms with Crippen LogP contribution in [0.1, 0.15) is 25.7 Å². The Hall–Kier alpha value is -0.920. The van der Waals surface area contributed by atoms with Crippen molar-refractivity contribution < 1.29 is 9.47 Å². The van der Waals surface area contributed by atoms with Crippen LogP contribution in [0.2, 0.25) is 0 Å². The Kier molecular flexibility index (Phi) is 3.71. The van der Waals surface area contributed by atoms with Crippen molar-refractivity contribution in [2.24, 2.45) is 0 Å². The lowest BCUT2D eigenvalue weighted by Gasteiger charge is -2.13. The maximum atomic E-state index is 5.25. The van der Waals surface area contributed by atoms with Gasteiger partial charge in [0, 0.05) is 12.8 Å². The van der Waals surface area contributed by atoms with E-state index in [0.29, 0.717) is 0 Å². The van der Waals surface area contributed by atoms with Gasteiger partial charge in [-0.05, 0) is 12.8 Å². The fraction of sp³-hybridized carbons (Fsp3) is 0.600. The Morgan fingerprint density at radius 1 is 0.917 bits per heavy atom. The first kappa shape index (κ1) is 9.17. The van der Waals surface area contributed by atoms with E-state index in [1.165, 1.54) is 0 Å². The molecule has 68 valence electrons. The fourth-order valence-electron chi connectivity index (χ4n) is 1.38. The fourth-order valence-corrected chi connectivity index (χ4v) is 1.38. The number of methoxy groups -OCH3 is 2. The van der Waals surface area contributed by atoms with Gasteiger partial charge in [-0.3, -0.25) is 0 Å². The molecule has 12 heavy (non-hydrogen) atoms. The van der Waals surface area contributed by atoms with E-state index < -0.39 is 0 Å². The first-order valence-electron chi connectivity index (χ1n) is 4.33. The minimum Gasteiger partial charge on any atom is -0.498 e. The van der Waals surface area contributed by atoms with E-state index in [1.54, 1.807) is 14.2 Å². The smallest absolute Gasteiger partial charge is 0.133 e. The van der Waals surface area contributed by atoms with Gasteiger partial charge in [-0.1, -0.05) is 12.2 Å². The van der Waals surface area contributed by atoms with Gasteiger partial charge in [-0.25, -0.2) is 0 Å². The predicted molar refractivity (Wildman–Crippen MR) is 48.7 cm³/mol. The van der Waals surface area contributed by atoms with Gasteiger partial charge in [0.05, 0.1) is 14.2 Å². The van der Waals surface area contributed by atoms with Gasteiger partial charge in [0.2, 0.25) is 0 Å². The van der Waals surface area contributed by atoms with Crippen LogP contribution in [-0.4, -0.2) is 14.2 Å². The summed E-state index contributed by atoms with van der Waals surface area (Å²) in [7, 11) is 3.42. The van der Waals surface area contributed by atoms with Crippen molar-refractivity contribution >= 4 is 0 Å². The third-order valence-corrected chi connectivity index (χ3v) is 2.05. The van der Waals surface area contributed by atoms with E-state index in [0.717, 1.165) is 37.2 Å². The van der Waals surface area contributed by atoms with E-state index in [2.05, 4.69) is 12.2 Å². The zero-order chi connectivity index (χ0) is 8.81. The number of allylic oxidation sites excluding steroid dienone is 4. The Morgan fingerprint density at radius 2 is 1.33 bits per heavy atom. The minimum absolute atomic E-state index is 0.955. The molecule has 0 unspecified atom stereocenters. The third kappa shape index (κ3) is 2.29. The van der Waals surface area contributed by atoms with Crippen molar-refractivity contribution in [1.29, 1.82) is 0 Å². The van der Waals surface area contributed by atoms with Crippen molar-refractivity contribution in [3.05, 3.63) is 23.7 Å². The predicted octanol–water partition coefficient (Wildman–Crippen LogP) is 2.62. The summed E-state index contributed by atoms with van der Waals surface area (Å²) in [5.74, 6) is 2.00. The molecule has 0 aromatic heterocycles. The van der Waals surface area contributed by atoms with Crippen LogP contribution < -0.4 is 0 Å². The van der Waals surface area contributed by atoms with Gasteiger partial charge in [0.15, 0.2) is 0 Å². The van der Waals surface area contributed by atoms with Crippen LogP contribution in [0.5, 0.6) is 0 Å². The van der Waals surface area contributed by atoms with Crippen molar-refractivity contribution in [3.8, 4) is 0 Å². The lowest BCUT2D eigenvalue weighted by atomic mass is 10.1. The molecule has 0 amide bonds. The van der Waals surface area contributed by atoms with E-state index in [9.17, 15) is 0 Å². The summed E-state index contributed by atoms with van der Waals surface area (Å²) in [6, 6.07) is 0. The molecule has 1 rings (SSSR count). The summed E-state index contributed by atoms with van der Waals surface area (Å²) >= 11 is 0. The molecule has 2 heteroatoms. The van der Waals surface area contributed by atoms with Gasteiger partial charge < -0.3 is 9.47 Å².